The van der Waals surface area contributed by atoms with Crippen molar-refractivity contribution >= 4 is 27.3 Å². The maximum atomic E-state index is 11.2. The second-order valence-electron chi connectivity index (χ2n) is 5.06. The number of anilines is 1. The van der Waals surface area contributed by atoms with Crippen LogP contribution in [0.4, 0.5) is 11.4 Å². The number of nitrogens with zero attached hydrogens (tertiary/aromatic N) is 3. The minimum Gasteiger partial charge on any atom is -0.365 e. The summed E-state index contributed by atoms with van der Waals surface area (Å²) in [4.78, 5) is 15.2. The van der Waals surface area contributed by atoms with Gasteiger partial charge < -0.3 is 9.80 Å². The third-order valence-electron chi connectivity index (χ3n) is 3.66. The molecule has 0 N–H and O–H groups in total. The van der Waals surface area contributed by atoms with E-state index < -0.39 is 0 Å². The van der Waals surface area contributed by atoms with E-state index >= 15 is 0 Å². The van der Waals surface area contributed by atoms with Crippen LogP contribution >= 0.6 is 15.9 Å². The van der Waals surface area contributed by atoms with E-state index in [1.807, 2.05) is 24.1 Å². The monoisotopic (exact) mass is 327 g/mol. The smallest absolute Gasteiger partial charge is 0.293 e. The van der Waals surface area contributed by atoms with Crippen molar-refractivity contribution in [1.29, 1.82) is 0 Å². The van der Waals surface area contributed by atoms with Gasteiger partial charge in [-0.25, -0.2) is 0 Å². The number of likely N-dealkylation sites (tertiary alicyclic amines) is 1. The zero-order chi connectivity index (χ0) is 14.0. The summed E-state index contributed by atoms with van der Waals surface area (Å²) in [7, 11) is 4.04. The van der Waals surface area contributed by atoms with Crippen molar-refractivity contribution in [1.82, 2.24) is 4.90 Å². The fraction of sp³-hybridized carbons (Fsp3) is 0.538. The Labute approximate surface area is 121 Å². The Balaban J connectivity index is 2.27. The van der Waals surface area contributed by atoms with Crippen LogP contribution in [0.2, 0.25) is 0 Å². The van der Waals surface area contributed by atoms with Crippen molar-refractivity contribution in [2.45, 2.75) is 18.9 Å². The van der Waals surface area contributed by atoms with Crippen LogP contribution < -0.4 is 4.90 Å². The molecule has 1 aliphatic rings. The summed E-state index contributed by atoms with van der Waals surface area (Å²) in [6.45, 7) is 2.05. The van der Waals surface area contributed by atoms with Gasteiger partial charge in [-0.3, -0.25) is 10.1 Å². The number of likely N-dealkylation sites (N-methyl/N-ethyl adjacent to an activating group) is 2. The molecule has 1 aromatic carbocycles. The summed E-state index contributed by atoms with van der Waals surface area (Å²) in [6, 6.07) is 5.57. The summed E-state index contributed by atoms with van der Waals surface area (Å²) in [6.07, 6.45) is 2.21. The second kappa shape index (κ2) is 5.88. The van der Waals surface area contributed by atoms with Gasteiger partial charge in [-0.1, -0.05) is 15.9 Å². The first-order chi connectivity index (χ1) is 8.99. The third kappa shape index (κ3) is 3.25. The van der Waals surface area contributed by atoms with Gasteiger partial charge in [0.05, 0.1) is 4.92 Å². The molecule has 6 heteroatoms. The van der Waals surface area contributed by atoms with Crippen molar-refractivity contribution in [2.75, 3.05) is 32.1 Å². The molecule has 0 amide bonds. The molecule has 1 aliphatic heterocycles. The van der Waals surface area contributed by atoms with Crippen LogP contribution in [0.1, 0.15) is 12.8 Å². The highest BCUT2D eigenvalue weighted by molar-refractivity contribution is 9.10. The number of piperidine rings is 1. The third-order valence-corrected chi connectivity index (χ3v) is 4.15. The first kappa shape index (κ1) is 14.3. The molecule has 0 spiro atoms. The van der Waals surface area contributed by atoms with Crippen LogP contribution in [0.15, 0.2) is 22.7 Å². The van der Waals surface area contributed by atoms with E-state index in [1.54, 1.807) is 6.07 Å². The standard InChI is InChI=1S/C13H18BrN3O2/c1-15-7-3-4-11(9-15)16(2)12-6-5-10(14)8-13(12)17(18)19/h5-6,8,11H,3-4,7,9H2,1-2H3. The van der Waals surface area contributed by atoms with Crippen LogP contribution in [0.5, 0.6) is 0 Å². The molecule has 1 aromatic rings. The summed E-state index contributed by atoms with van der Waals surface area (Å²) >= 11 is 3.29. The molecule has 1 saturated heterocycles. The van der Waals surface area contributed by atoms with Crippen molar-refractivity contribution < 1.29 is 4.92 Å². The zero-order valence-electron chi connectivity index (χ0n) is 11.2. The zero-order valence-corrected chi connectivity index (χ0v) is 12.8. The maximum Gasteiger partial charge on any atom is 0.293 e. The van der Waals surface area contributed by atoms with Gasteiger partial charge in [0.15, 0.2) is 0 Å². The molecule has 0 aromatic heterocycles. The average molecular weight is 328 g/mol. The minimum absolute atomic E-state index is 0.158. The van der Waals surface area contributed by atoms with E-state index in [0.29, 0.717) is 11.7 Å². The van der Waals surface area contributed by atoms with Gasteiger partial charge in [0.2, 0.25) is 0 Å². The molecule has 1 unspecified atom stereocenters. The van der Waals surface area contributed by atoms with Crippen LogP contribution in [-0.2, 0) is 0 Å². The van der Waals surface area contributed by atoms with Crippen LogP contribution in [0.25, 0.3) is 0 Å². The predicted molar refractivity (Wildman–Crippen MR) is 79.7 cm³/mol. The Morgan fingerprint density at radius 2 is 2.26 bits per heavy atom. The molecule has 5 nitrogen and oxygen atoms in total. The van der Waals surface area contributed by atoms with Crippen LogP contribution in [0.3, 0.4) is 0 Å². The van der Waals surface area contributed by atoms with E-state index in [-0.39, 0.29) is 10.6 Å². The lowest BCUT2D eigenvalue weighted by molar-refractivity contribution is -0.384. The normalized spacial score (nSPS) is 20.3. The van der Waals surface area contributed by atoms with E-state index in [0.717, 1.165) is 30.4 Å². The van der Waals surface area contributed by atoms with Crippen molar-refractivity contribution in [2.24, 2.45) is 0 Å². The highest BCUT2D eigenvalue weighted by Gasteiger charge is 2.26. The van der Waals surface area contributed by atoms with E-state index in [2.05, 4.69) is 27.9 Å². The molecule has 0 aliphatic carbocycles. The molecule has 19 heavy (non-hydrogen) atoms. The number of halogens is 1. The van der Waals surface area contributed by atoms with Crippen molar-refractivity contribution in [3.63, 3.8) is 0 Å². The molecular weight excluding hydrogens is 310 g/mol. The summed E-state index contributed by atoms with van der Waals surface area (Å²) in [5, 5.41) is 11.2. The Kier molecular flexibility index (Phi) is 4.42. The molecule has 1 heterocycles. The molecule has 1 fully saturated rings. The predicted octanol–water partition coefficient (Wildman–Crippen LogP) is 2.89. The van der Waals surface area contributed by atoms with Gasteiger partial charge in [0, 0.05) is 30.2 Å². The molecule has 0 radical (unpaired) electrons. The highest BCUT2D eigenvalue weighted by Crippen LogP contribution is 2.32. The average Bonchev–Trinajstić information content (AvgIpc) is 2.37. The molecule has 0 bridgehead atoms. The summed E-state index contributed by atoms with van der Waals surface area (Å²) < 4.78 is 0.733. The van der Waals surface area contributed by atoms with Crippen LogP contribution in [-0.4, -0.2) is 43.0 Å². The van der Waals surface area contributed by atoms with Crippen molar-refractivity contribution in [3.8, 4) is 0 Å². The Morgan fingerprint density at radius 1 is 1.53 bits per heavy atom. The maximum absolute atomic E-state index is 11.2. The number of rotatable bonds is 3. The molecule has 2 rings (SSSR count). The summed E-state index contributed by atoms with van der Waals surface area (Å²) in [5.41, 5.74) is 0.846. The number of hydrogen-bond donors (Lipinski definition) is 0. The quantitative estimate of drug-likeness (QED) is 0.632. The summed E-state index contributed by atoms with van der Waals surface area (Å²) in [5.74, 6) is 0. The lowest BCUT2D eigenvalue weighted by atomic mass is 10.0. The number of nitro benzene ring substituents is 1. The largest absolute Gasteiger partial charge is 0.365 e. The lowest BCUT2D eigenvalue weighted by Gasteiger charge is -2.36. The topological polar surface area (TPSA) is 49.6 Å². The number of nitro groups is 1. The van der Waals surface area contributed by atoms with E-state index in [9.17, 15) is 10.1 Å². The SMILES string of the molecule is CN1CCCC(N(C)c2ccc(Br)cc2[N+](=O)[O-])C1. The van der Waals surface area contributed by atoms with Gasteiger partial charge in [0.1, 0.15) is 5.69 Å². The fourth-order valence-corrected chi connectivity index (χ4v) is 2.94. The van der Waals surface area contributed by atoms with Gasteiger partial charge in [-0.15, -0.1) is 0 Å². The van der Waals surface area contributed by atoms with Crippen LogP contribution in [0, 0.1) is 10.1 Å². The molecular formula is C13H18BrN3O2. The molecule has 0 saturated carbocycles. The first-order valence-electron chi connectivity index (χ1n) is 6.34. The minimum atomic E-state index is -0.316. The Morgan fingerprint density at radius 3 is 2.89 bits per heavy atom. The van der Waals surface area contributed by atoms with Gasteiger partial charge in [0.25, 0.3) is 5.69 Å². The molecule has 1 atom stereocenters. The Hall–Kier alpha value is -1.14. The van der Waals surface area contributed by atoms with E-state index in [1.165, 1.54) is 0 Å². The first-order valence-corrected chi connectivity index (χ1v) is 7.13. The number of hydrogen-bond acceptors (Lipinski definition) is 4. The fourth-order valence-electron chi connectivity index (χ4n) is 2.59. The van der Waals surface area contributed by atoms with Gasteiger partial charge in [-0.05, 0) is 38.6 Å². The van der Waals surface area contributed by atoms with Gasteiger partial charge >= 0.3 is 0 Å². The lowest BCUT2D eigenvalue weighted by Crippen LogP contribution is -2.45. The number of benzene rings is 1. The highest BCUT2D eigenvalue weighted by atomic mass is 79.9. The van der Waals surface area contributed by atoms with E-state index in [4.69, 9.17) is 0 Å². The van der Waals surface area contributed by atoms with Gasteiger partial charge in [-0.2, -0.15) is 0 Å². The molecule has 104 valence electrons. The second-order valence-corrected chi connectivity index (χ2v) is 5.98. The Bertz CT molecular complexity index is 481. The van der Waals surface area contributed by atoms with Crippen molar-refractivity contribution in [3.05, 3.63) is 32.8 Å².